The minimum absolute atomic E-state index is 0.0395. The maximum absolute atomic E-state index is 12.3. The Morgan fingerprint density at radius 2 is 2.00 bits per heavy atom. The standard InChI is InChI=1S/C16H25N3O/c1-16(2,19(3)4)11-18-15(20)14-9-12-7-5-6-8-13(12)10-17-14/h5-8,14,17H,9-11H2,1-4H3,(H,18,20)/t14-/m1/s1. The van der Waals surface area contributed by atoms with Crippen molar-refractivity contribution in [1.82, 2.24) is 15.5 Å². The SMILES string of the molecule is CN(C)C(C)(C)CNC(=O)[C@H]1Cc2ccccc2CN1. The van der Waals surface area contributed by atoms with Crippen molar-refractivity contribution >= 4 is 5.91 Å². The summed E-state index contributed by atoms with van der Waals surface area (Å²) in [5, 5.41) is 6.38. The first kappa shape index (κ1) is 15.0. The zero-order chi connectivity index (χ0) is 14.8. The minimum Gasteiger partial charge on any atom is -0.353 e. The van der Waals surface area contributed by atoms with Crippen molar-refractivity contribution in [3.05, 3.63) is 35.4 Å². The summed E-state index contributed by atoms with van der Waals surface area (Å²) in [6.45, 7) is 5.66. The van der Waals surface area contributed by atoms with Gasteiger partial charge in [0.25, 0.3) is 0 Å². The summed E-state index contributed by atoms with van der Waals surface area (Å²) >= 11 is 0. The number of amides is 1. The van der Waals surface area contributed by atoms with E-state index in [0.29, 0.717) is 6.54 Å². The monoisotopic (exact) mass is 275 g/mol. The molecule has 1 aliphatic rings. The second kappa shape index (κ2) is 5.94. The summed E-state index contributed by atoms with van der Waals surface area (Å²) < 4.78 is 0. The molecule has 1 aliphatic heterocycles. The summed E-state index contributed by atoms with van der Waals surface area (Å²) in [6, 6.07) is 8.18. The molecule has 20 heavy (non-hydrogen) atoms. The highest BCUT2D eigenvalue weighted by Crippen LogP contribution is 2.16. The van der Waals surface area contributed by atoms with E-state index in [1.807, 2.05) is 26.2 Å². The zero-order valence-electron chi connectivity index (χ0n) is 12.9. The van der Waals surface area contributed by atoms with Crippen molar-refractivity contribution in [2.45, 2.75) is 38.4 Å². The number of nitrogens with one attached hydrogen (secondary N) is 2. The smallest absolute Gasteiger partial charge is 0.237 e. The van der Waals surface area contributed by atoms with Crippen LogP contribution in [0.2, 0.25) is 0 Å². The van der Waals surface area contributed by atoms with Crippen molar-refractivity contribution in [3.8, 4) is 0 Å². The molecule has 0 saturated carbocycles. The van der Waals surface area contributed by atoms with E-state index >= 15 is 0 Å². The lowest BCUT2D eigenvalue weighted by atomic mass is 9.95. The predicted octanol–water partition coefficient (Wildman–Crippen LogP) is 1.16. The van der Waals surface area contributed by atoms with Crippen molar-refractivity contribution in [1.29, 1.82) is 0 Å². The molecule has 2 N–H and O–H groups in total. The molecule has 1 aromatic rings. The molecule has 4 nitrogen and oxygen atoms in total. The molecule has 4 heteroatoms. The molecule has 0 fully saturated rings. The lowest BCUT2D eigenvalue weighted by molar-refractivity contribution is -0.123. The van der Waals surface area contributed by atoms with Crippen LogP contribution in [-0.4, -0.2) is 43.0 Å². The van der Waals surface area contributed by atoms with Crippen LogP contribution in [0.4, 0.5) is 0 Å². The fourth-order valence-corrected chi connectivity index (χ4v) is 2.22. The maximum atomic E-state index is 12.3. The second-order valence-corrected chi connectivity index (χ2v) is 6.33. The molecule has 0 aromatic heterocycles. The molecule has 1 amide bonds. The van der Waals surface area contributed by atoms with Crippen LogP contribution in [-0.2, 0) is 17.8 Å². The number of benzene rings is 1. The van der Waals surface area contributed by atoms with Crippen LogP contribution in [0.25, 0.3) is 0 Å². The second-order valence-electron chi connectivity index (χ2n) is 6.33. The van der Waals surface area contributed by atoms with Gasteiger partial charge in [-0.3, -0.25) is 4.79 Å². The van der Waals surface area contributed by atoms with Crippen molar-refractivity contribution in [2.24, 2.45) is 0 Å². The van der Waals surface area contributed by atoms with E-state index < -0.39 is 0 Å². The van der Waals surface area contributed by atoms with Crippen LogP contribution in [0, 0.1) is 0 Å². The van der Waals surface area contributed by atoms with Crippen LogP contribution in [0.15, 0.2) is 24.3 Å². The molecule has 0 unspecified atom stereocenters. The van der Waals surface area contributed by atoms with Crippen LogP contribution >= 0.6 is 0 Å². The van der Waals surface area contributed by atoms with Gasteiger partial charge in [-0.1, -0.05) is 24.3 Å². The number of carbonyl (C=O) groups is 1. The Morgan fingerprint density at radius 3 is 2.65 bits per heavy atom. The third-order valence-corrected chi connectivity index (χ3v) is 4.30. The predicted molar refractivity (Wildman–Crippen MR) is 81.5 cm³/mol. The number of fused-ring (bicyclic) bond motifs is 1. The Labute approximate surface area is 121 Å². The molecular formula is C16H25N3O. The molecular weight excluding hydrogens is 250 g/mol. The molecule has 0 aliphatic carbocycles. The lowest BCUT2D eigenvalue weighted by Crippen LogP contribution is -2.53. The highest BCUT2D eigenvalue weighted by Gasteiger charge is 2.26. The van der Waals surface area contributed by atoms with Crippen LogP contribution in [0.5, 0.6) is 0 Å². The average molecular weight is 275 g/mol. The van der Waals surface area contributed by atoms with Crippen molar-refractivity contribution < 1.29 is 4.79 Å². The number of likely N-dealkylation sites (N-methyl/N-ethyl adjacent to an activating group) is 1. The van der Waals surface area contributed by atoms with Gasteiger partial charge in [0.15, 0.2) is 0 Å². The van der Waals surface area contributed by atoms with Gasteiger partial charge < -0.3 is 15.5 Å². The normalized spacial score (nSPS) is 18.8. The van der Waals surface area contributed by atoms with Gasteiger partial charge in [-0.15, -0.1) is 0 Å². The van der Waals surface area contributed by atoms with Crippen LogP contribution in [0.1, 0.15) is 25.0 Å². The van der Waals surface area contributed by atoms with Gasteiger partial charge in [0.2, 0.25) is 5.91 Å². The van der Waals surface area contributed by atoms with E-state index in [0.717, 1.165) is 13.0 Å². The maximum Gasteiger partial charge on any atom is 0.237 e. The number of hydrogen-bond acceptors (Lipinski definition) is 3. The summed E-state index contributed by atoms with van der Waals surface area (Å²) in [5.41, 5.74) is 2.53. The fourth-order valence-electron chi connectivity index (χ4n) is 2.22. The lowest BCUT2D eigenvalue weighted by Gasteiger charge is -2.33. The molecule has 0 radical (unpaired) electrons. The van der Waals surface area contributed by atoms with Gasteiger partial charge in [-0.2, -0.15) is 0 Å². The molecule has 2 rings (SSSR count). The first-order chi connectivity index (χ1) is 9.40. The Morgan fingerprint density at radius 1 is 1.35 bits per heavy atom. The largest absolute Gasteiger partial charge is 0.353 e. The molecule has 110 valence electrons. The highest BCUT2D eigenvalue weighted by molar-refractivity contribution is 5.82. The number of nitrogens with zero attached hydrogens (tertiary/aromatic N) is 1. The topological polar surface area (TPSA) is 44.4 Å². The van der Waals surface area contributed by atoms with Gasteiger partial charge in [-0.05, 0) is 45.5 Å². The summed E-state index contributed by atoms with van der Waals surface area (Å²) in [4.78, 5) is 14.4. The van der Waals surface area contributed by atoms with Crippen LogP contribution < -0.4 is 10.6 Å². The molecule has 0 saturated heterocycles. The first-order valence-corrected chi connectivity index (χ1v) is 7.15. The third-order valence-electron chi connectivity index (χ3n) is 4.30. The molecule has 1 atom stereocenters. The Bertz CT molecular complexity index is 482. The fraction of sp³-hybridized carbons (Fsp3) is 0.562. The number of hydrogen-bond donors (Lipinski definition) is 2. The Kier molecular flexibility index (Phi) is 4.45. The minimum atomic E-state index is -0.122. The quantitative estimate of drug-likeness (QED) is 0.866. The number of carbonyl (C=O) groups excluding carboxylic acids is 1. The molecule has 0 spiro atoms. The Balaban J connectivity index is 1.92. The van der Waals surface area contributed by atoms with E-state index in [2.05, 4.69) is 41.5 Å². The van der Waals surface area contributed by atoms with Crippen molar-refractivity contribution in [2.75, 3.05) is 20.6 Å². The van der Waals surface area contributed by atoms with Gasteiger partial charge in [0.05, 0.1) is 6.04 Å². The molecule has 1 aromatic carbocycles. The van der Waals surface area contributed by atoms with E-state index in [-0.39, 0.29) is 17.5 Å². The van der Waals surface area contributed by atoms with Gasteiger partial charge in [0, 0.05) is 18.6 Å². The highest BCUT2D eigenvalue weighted by atomic mass is 16.2. The zero-order valence-corrected chi connectivity index (χ0v) is 12.9. The van der Waals surface area contributed by atoms with Crippen molar-refractivity contribution in [3.63, 3.8) is 0 Å². The van der Waals surface area contributed by atoms with E-state index in [1.54, 1.807) is 0 Å². The summed E-state index contributed by atoms with van der Waals surface area (Å²) in [7, 11) is 4.06. The Hall–Kier alpha value is -1.39. The van der Waals surface area contributed by atoms with Gasteiger partial charge in [0.1, 0.15) is 0 Å². The van der Waals surface area contributed by atoms with E-state index in [4.69, 9.17) is 0 Å². The molecule has 0 bridgehead atoms. The molecule has 1 heterocycles. The van der Waals surface area contributed by atoms with E-state index in [9.17, 15) is 4.79 Å². The van der Waals surface area contributed by atoms with Gasteiger partial charge >= 0.3 is 0 Å². The van der Waals surface area contributed by atoms with E-state index in [1.165, 1.54) is 11.1 Å². The average Bonchev–Trinajstić information content (AvgIpc) is 2.44. The van der Waals surface area contributed by atoms with Crippen LogP contribution in [0.3, 0.4) is 0 Å². The summed E-state index contributed by atoms with van der Waals surface area (Å²) in [6.07, 6.45) is 0.768. The summed E-state index contributed by atoms with van der Waals surface area (Å²) in [5.74, 6) is 0.0921. The number of rotatable bonds is 4. The first-order valence-electron chi connectivity index (χ1n) is 7.15. The third kappa shape index (κ3) is 3.38. The van der Waals surface area contributed by atoms with Gasteiger partial charge in [-0.25, -0.2) is 0 Å².